The first kappa shape index (κ1) is 26.5. The molecule has 1 saturated carbocycles. The van der Waals surface area contributed by atoms with E-state index in [2.05, 4.69) is 14.6 Å². The number of carboxylic acid groups (broad SMARTS) is 1. The van der Waals surface area contributed by atoms with E-state index in [1.807, 2.05) is 12.1 Å². The number of fused-ring (bicyclic) bond motifs is 1. The lowest BCUT2D eigenvalue weighted by atomic mass is 9.95. The molecule has 1 atom stereocenters. The molecule has 2 heterocycles. The van der Waals surface area contributed by atoms with Crippen LogP contribution < -0.4 is 10.0 Å². The number of hydrogen-bond donors (Lipinski definition) is 3. The summed E-state index contributed by atoms with van der Waals surface area (Å²) in [5, 5.41) is 12.4. The summed E-state index contributed by atoms with van der Waals surface area (Å²) in [4.78, 5) is 29.9. The van der Waals surface area contributed by atoms with Crippen LogP contribution >= 0.6 is 0 Å². The van der Waals surface area contributed by atoms with Crippen LogP contribution in [0.4, 0.5) is 5.69 Å². The Labute approximate surface area is 226 Å². The summed E-state index contributed by atoms with van der Waals surface area (Å²) >= 11 is 0. The van der Waals surface area contributed by atoms with E-state index >= 15 is 0 Å². The summed E-state index contributed by atoms with van der Waals surface area (Å²) < 4.78 is 32.7. The van der Waals surface area contributed by atoms with Crippen LogP contribution in [0.3, 0.4) is 0 Å². The first-order valence-electron chi connectivity index (χ1n) is 12.8. The molecule has 1 fully saturated rings. The number of aromatic nitrogens is 2. The van der Waals surface area contributed by atoms with Crippen LogP contribution in [0, 0.1) is 0 Å². The highest BCUT2D eigenvalue weighted by atomic mass is 32.2. The highest BCUT2D eigenvalue weighted by Gasteiger charge is 2.25. The van der Waals surface area contributed by atoms with Crippen molar-refractivity contribution in [3.63, 3.8) is 0 Å². The van der Waals surface area contributed by atoms with Crippen LogP contribution in [0.1, 0.15) is 54.1 Å². The van der Waals surface area contributed by atoms with Crippen molar-refractivity contribution in [1.29, 1.82) is 0 Å². The lowest BCUT2D eigenvalue weighted by Gasteiger charge is -2.25. The van der Waals surface area contributed by atoms with E-state index in [0.29, 0.717) is 28.4 Å². The monoisotopic (exact) mass is 550 g/mol. The van der Waals surface area contributed by atoms with Crippen molar-refractivity contribution in [2.24, 2.45) is 0 Å². The molecule has 1 aliphatic carbocycles. The zero-order valence-electron chi connectivity index (χ0n) is 21.5. The molecule has 0 radical (unpaired) electrons. The number of aliphatic carboxylic acids is 1. The Morgan fingerprint density at radius 1 is 1.10 bits per heavy atom. The van der Waals surface area contributed by atoms with Crippen molar-refractivity contribution < 1.29 is 27.5 Å². The molecule has 39 heavy (non-hydrogen) atoms. The second-order valence-electron chi connectivity index (χ2n) is 9.95. The molecule has 2 aromatic heterocycles. The number of sulfonamides is 1. The smallest absolute Gasteiger partial charge is 0.326 e. The molecular formula is C28H30N4O6S. The third kappa shape index (κ3) is 6.14. The molecule has 0 spiro atoms. The Bertz CT molecular complexity index is 1590. The van der Waals surface area contributed by atoms with E-state index in [1.165, 1.54) is 6.42 Å². The zero-order chi connectivity index (χ0) is 27.6. The molecule has 3 N–H and O–H groups in total. The molecule has 2 aromatic carbocycles. The Balaban J connectivity index is 1.37. The molecule has 0 unspecified atom stereocenters. The first-order chi connectivity index (χ1) is 18.7. The largest absolute Gasteiger partial charge is 0.480 e. The minimum Gasteiger partial charge on any atom is -0.480 e. The number of carbonyl (C=O) groups is 2. The number of imidazole rings is 1. The highest BCUT2D eigenvalue weighted by Crippen LogP contribution is 2.36. The molecule has 5 rings (SSSR count). The van der Waals surface area contributed by atoms with Crippen molar-refractivity contribution in [2.45, 2.75) is 50.6 Å². The molecule has 4 aromatic rings. The number of benzene rings is 2. The van der Waals surface area contributed by atoms with Gasteiger partial charge in [0.2, 0.25) is 10.0 Å². The highest BCUT2D eigenvalue weighted by molar-refractivity contribution is 7.92. The maximum Gasteiger partial charge on any atom is 0.326 e. The van der Waals surface area contributed by atoms with Gasteiger partial charge in [-0.15, -0.1) is 0 Å². The number of anilines is 1. The standard InChI is InChI=1S/C28H30N4O6S/c1-39(36,37)31-21-10-7-18(8-11-21)15-24(28(34)35)30-27(33)19-9-12-25-23(16-19)29-26(20-13-14-38-17-20)32(25)22-5-3-2-4-6-22/h7-14,16-17,22,24,31H,2-6,15H2,1H3,(H,30,33)(H,34,35)/t24-/m0/s1. The predicted molar refractivity (Wildman–Crippen MR) is 147 cm³/mol. The SMILES string of the molecule is CS(=O)(=O)Nc1ccc(C[C@H](NC(=O)c2ccc3c(c2)nc(-c2ccoc2)n3C2CCCCC2)C(=O)O)cc1. The fourth-order valence-electron chi connectivity index (χ4n) is 5.14. The van der Waals surface area contributed by atoms with E-state index in [4.69, 9.17) is 9.40 Å². The predicted octanol–water partition coefficient (Wildman–Crippen LogP) is 4.60. The molecular weight excluding hydrogens is 520 g/mol. The summed E-state index contributed by atoms with van der Waals surface area (Å²) in [6.07, 6.45) is 10.0. The van der Waals surface area contributed by atoms with Gasteiger partial charge in [-0.05, 0) is 54.8 Å². The molecule has 0 saturated heterocycles. The van der Waals surface area contributed by atoms with E-state index < -0.39 is 27.9 Å². The number of furan rings is 1. The third-order valence-electron chi connectivity index (χ3n) is 6.97. The molecule has 1 amide bonds. The fourth-order valence-corrected chi connectivity index (χ4v) is 5.71. The van der Waals surface area contributed by atoms with Gasteiger partial charge < -0.3 is 19.4 Å². The van der Waals surface area contributed by atoms with Crippen molar-refractivity contribution in [3.05, 3.63) is 72.2 Å². The van der Waals surface area contributed by atoms with Crippen LogP contribution in [0.15, 0.2) is 65.5 Å². The van der Waals surface area contributed by atoms with Gasteiger partial charge in [0.15, 0.2) is 0 Å². The molecule has 1 aliphatic rings. The Morgan fingerprint density at radius 3 is 2.49 bits per heavy atom. The summed E-state index contributed by atoms with van der Waals surface area (Å²) in [6.45, 7) is 0. The van der Waals surface area contributed by atoms with Crippen LogP contribution in [0.5, 0.6) is 0 Å². The number of amides is 1. The normalized spacial score (nSPS) is 15.2. The summed E-state index contributed by atoms with van der Waals surface area (Å²) in [6, 6.07) is 12.6. The third-order valence-corrected chi connectivity index (χ3v) is 7.58. The van der Waals surface area contributed by atoms with Crippen molar-refractivity contribution in [3.8, 4) is 11.4 Å². The van der Waals surface area contributed by atoms with E-state index in [-0.39, 0.29) is 6.42 Å². The summed E-state index contributed by atoms with van der Waals surface area (Å²) in [5.41, 5.74) is 3.76. The summed E-state index contributed by atoms with van der Waals surface area (Å²) in [7, 11) is -3.42. The second kappa shape index (κ2) is 10.9. The Kier molecular flexibility index (Phi) is 7.42. The Morgan fingerprint density at radius 2 is 1.85 bits per heavy atom. The number of carbonyl (C=O) groups excluding carboxylic acids is 1. The average molecular weight is 551 g/mol. The molecule has 10 nitrogen and oxygen atoms in total. The van der Waals surface area contributed by atoms with Gasteiger partial charge in [0, 0.05) is 23.7 Å². The van der Waals surface area contributed by atoms with Crippen LogP contribution in [-0.4, -0.2) is 47.2 Å². The lowest BCUT2D eigenvalue weighted by molar-refractivity contribution is -0.139. The van der Waals surface area contributed by atoms with Gasteiger partial charge in [-0.1, -0.05) is 31.4 Å². The topological polar surface area (TPSA) is 144 Å². The fraction of sp³-hybridized carbons (Fsp3) is 0.321. The first-order valence-corrected chi connectivity index (χ1v) is 14.7. The van der Waals surface area contributed by atoms with Crippen molar-refractivity contribution in [1.82, 2.24) is 14.9 Å². The van der Waals surface area contributed by atoms with Gasteiger partial charge in [-0.25, -0.2) is 18.2 Å². The van der Waals surface area contributed by atoms with Crippen molar-refractivity contribution in [2.75, 3.05) is 11.0 Å². The lowest BCUT2D eigenvalue weighted by Crippen LogP contribution is -2.42. The van der Waals surface area contributed by atoms with E-state index in [9.17, 15) is 23.1 Å². The quantitative estimate of drug-likeness (QED) is 0.276. The Hall–Kier alpha value is -4.12. The van der Waals surface area contributed by atoms with Crippen molar-refractivity contribution >= 4 is 38.6 Å². The van der Waals surface area contributed by atoms with Crippen LogP contribution in [0.2, 0.25) is 0 Å². The molecule has 0 bridgehead atoms. The number of carboxylic acids is 1. The minimum atomic E-state index is -3.42. The van der Waals surface area contributed by atoms with E-state index in [1.54, 1.807) is 48.9 Å². The zero-order valence-corrected chi connectivity index (χ0v) is 22.3. The maximum atomic E-state index is 13.1. The van der Waals surface area contributed by atoms with E-state index in [0.717, 1.165) is 48.8 Å². The number of hydrogen-bond acceptors (Lipinski definition) is 6. The number of nitrogens with one attached hydrogen (secondary N) is 2. The van der Waals surface area contributed by atoms with Gasteiger partial charge >= 0.3 is 5.97 Å². The summed E-state index contributed by atoms with van der Waals surface area (Å²) in [5.74, 6) is -0.899. The molecule has 0 aliphatic heterocycles. The molecule has 204 valence electrons. The van der Waals surface area contributed by atoms with Gasteiger partial charge in [0.25, 0.3) is 5.91 Å². The van der Waals surface area contributed by atoms with Gasteiger partial charge in [0.1, 0.15) is 18.1 Å². The van der Waals surface area contributed by atoms with Gasteiger partial charge in [-0.3, -0.25) is 9.52 Å². The van der Waals surface area contributed by atoms with Crippen LogP contribution in [-0.2, 0) is 21.2 Å². The average Bonchev–Trinajstić information content (AvgIpc) is 3.56. The van der Waals surface area contributed by atoms with Gasteiger partial charge in [0.05, 0.1) is 29.1 Å². The minimum absolute atomic E-state index is 0.0312. The van der Waals surface area contributed by atoms with Crippen LogP contribution in [0.25, 0.3) is 22.4 Å². The maximum absolute atomic E-state index is 13.1. The second-order valence-corrected chi connectivity index (χ2v) is 11.7. The number of rotatable bonds is 9. The number of nitrogens with zero attached hydrogens (tertiary/aromatic N) is 2. The van der Waals surface area contributed by atoms with Gasteiger partial charge in [-0.2, -0.15) is 0 Å². The molecule has 11 heteroatoms.